The third-order valence-corrected chi connectivity index (χ3v) is 4.14. The molecule has 0 saturated heterocycles. The zero-order valence-corrected chi connectivity index (χ0v) is 12.3. The van der Waals surface area contributed by atoms with Crippen LogP contribution in [0.5, 0.6) is 5.75 Å². The topological polar surface area (TPSA) is 20.2 Å². The van der Waals surface area contributed by atoms with Crippen LogP contribution in [0.2, 0.25) is 0 Å². The first-order valence-electron chi connectivity index (χ1n) is 7.69. The fourth-order valence-electron chi connectivity index (χ4n) is 2.99. The highest BCUT2D eigenvalue weighted by Crippen LogP contribution is 2.36. The minimum absolute atomic E-state index is 0.415. The van der Waals surface area contributed by atoms with Crippen molar-refractivity contribution in [3.63, 3.8) is 0 Å². The van der Waals surface area contributed by atoms with Gasteiger partial charge >= 0.3 is 0 Å². The van der Waals surface area contributed by atoms with Gasteiger partial charge in [0, 0.05) is 11.5 Å². The standard InChI is InChI=1S/C18H26O/c1-3-4-5-8-15-10-11-17(18(19)13-15)16-9-6-7-14(2)12-16/h10-13,16,19H,3-9H2,1-2H3. The van der Waals surface area contributed by atoms with Crippen LogP contribution >= 0.6 is 0 Å². The molecule has 0 amide bonds. The first kappa shape index (κ1) is 14.2. The van der Waals surface area contributed by atoms with Crippen LogP contribution < -0.4 is 0 Å². The monoisotopic (exact) mass is 258 g/mol. The van der Waals surface area contributed by atoms with Crippen LogP contribution in [0.3, 0.4) is 0 Å². The van der Waals surface area contributed by atoms with Gasteiger partial charge in [-0.15, -0.1) is 0 Å². The van der Waals surface area contributed by atoms with Crippen molar-refractivity contribution in [1.29, 1.82) is 0 Å². The van der Waals surface area contributed by atoms with E-state index in [0.717, 1.165) is 12.0 Å². The molecule has 1 unspecified atom stereocenters. The fraction of sp³-hybridized carbons (Fsp3) is 0.556. The number of allylic oxidation sites excluding steroid dienone is 2. The van der Waals surface area contributed by atoms with Crippen molar-refractivity contribution in [2.75, 3.05) is 0 Å². The second kappa shape index (κ2) is 6.79. The van der Waals surface area contributed by atoms with E-state index in [2.05, 4.69) is 32.1 Å². The fourth-order valence-corrected chi connectivity index (χ4v) is 2.99. The maximum atomic E-state index is 10.3. The Labute approximate surface area is 117 Å². The van der Waals surface area contributed by atoms with E-state index in [1.54, 1.807) is 0 Å². The summed E-state index contributed by atoms with van der Waals surface area (Å²) in [5, 5.41) is 10.3. The van der Waals surface area contributed by atoms with E-state index in [1.165, 1.54) is 49.7 Å². The molecule has 0 aromatic heterocycles. The SMILES string of the molecule is CCCCCc1ccc(C2C=C(C)CCC2)c(O)c1. The van der Waals surface area contributed by atoms with E-state index in [1.807, 2.05) is 6.07 Å². The molecular formula is C18H26O. The summed E-state index contributed by atoms with van der Waals surface area (Å²) >= 11 is 0. The molecule has 19 heavy (non-hydrogen) atoms. The molecule has 0 bridgehead atoms. The number of unbranched alkanes of at least 4 members (excludes halogenated alkanes) is 2. The molecule has 1 N–H and O–H groups in total. The molecule has 1 nitrogen and oxygen atoms in total. The molecule has 0 fully saturated rings. The molecule has 1 aromatic rings. The molecule has 0 spiro atoms. The van der Waals surface area contributed by atoms with Crippen LogP contribution in [-0.4, -0.2) is 5.11 Å². The van der Waals surface area contributed by atoms with Gasteiger partial charge in [0.15, 0.2) is 0 Å². The van der Waals surface area contributed by atoms with Crippen molar-refractivity contribution >= 4 is 0 Å². The Kier molecular flexibility index (Phi) is 5.07. The van der Waals surface area contributed by atoms with E-state index in [-0.39, 0.29) is 0 Å². The number of phenols is 1. The number of aromatic hydroxyl groups is 1. The van der Waals surface area contributed by atoms with Crippen LogP contribution in [0, 0.1) is 0 Å². The maximum Gasteiger partial charge on any atom is 0.119 e. The van der Waals surface area contributed by atoms with Gasteiger partial charge in [-0.2, -0.15) is 0 Å². The highest BCUT2D eigenvalue weighted by atomic mass is 16.3. The first-order chi connectivity index (χ1) is 9.20. The summed E-state index contributed by atoms with van der Waals surface area (Å²) in [6.45, 7) is 4.42. The Morgan fingerprint density at radius 3 is 2.79 bits per heavy atom. The van der Waals surface area contributed by atoms with E-state index in [9.17, 15) is 5.11 Å². The lowest BCUT2D eigenvalue weighted by molar-refractivity contribution is 0.460. The lowest BCUT2D eigenvalue weighted by Crippen LogP contribution is -2.02. The Bertz CT molecular complexity index is 445. The molecule has 0 aliphatic heterocycles. The van der Waals surface area contributed by atoms with Crippen molar-refractivity contribution in [2.24, 2.45) is 0 Å². The number of phenolic OH excluding ortho intramolecular Hbond substituents is 1. The molecule has 104 valence electrons. The summed E-state index contributed by atoms with van der Waals surface area (Å²) in [5.74, 6) is 0.906. The maximum absolute atomic E-state index is 10.3. The lowest BCUT2D eigenvalue weighted by atomic mass is 9.85. The van der Waals surface area contributed by atoms with Gasteiger partial charge in [0.05, 0.1) is 0 Å². The second-order valence-corrected chi connectivity index (χ2v) is 5.86. The molecule has 0 radical (unpaired) electrons. The van der Waals surface area contributed by atoms with Crippen LogP contribution in [0.25, 0.3) is 0 Å². The Balaban J connectivity index is 2.08. The summed E-state index contributed by atoms with van der Waals surface area (Å²) in [7, 11) is 0. The van der Waals surface area contributed by atoms with Crippen molar-refractivity contribution in [3.8, 4) is 5.75 Å². The molecule has 1 aliphatic carbocycles. The summed E-state index contributed by atoms with van der Waals surface area (Å²) in [6.07, 6.45) is 10.8. The van der Waals surface area contributed by atoms with Gasteiger partial charge in [-0.3, -0.25) is 0 Å². The first-order valence-corrected chi connectivity index (χ1v) is 7.69. The molecule has 0 heterocycles. The van der Waals surface area contributed by atoms with Gasteiger partial charge in [0.25, 0.3) is 0 Å². The third-order valence-electron chi connectivity index (χ3n) is 4.14. The van der Waals surface area contributed by atoms with E-state index >= 15 is 0 Å². The van der Waals surface area contributed by atoms with Crippen LogP contribution in [0.4, 0.5) is 0 Å². The van der Waals surface area contributed by atoms with Gasteiger partial charge in [0.1, 0.15) is 5.75 Å². The largest absolute Gasteiger partial charge is 0.508 e. The van der Waals surface area contributed by atoms with E-state index < -0.39 is 0 Å². The molecule has 2 rings (SSSR count). The molecule has 1 aliphatic rings. The molecule has 1 heteroatoms. The average Bonchev–Trinajstić information content (AvgIpc) is 2.39. The molecule has 1 atom stereocenters. The quantitative estimate of drug-likeness (QED) is 0.558. The van der Waals surface area contributed by atoms with Crippen molar-refractivity contribution < 1.29 is 5.11 Å². The minimum Gasteiger partial charge on any atom is -0.508 e. The molecule has 0 saturated carbocycles. The van der Waals surface area contributed by atoms with E-state index in [0.29, 0.717) is 11.7 Å². The zero-order chi connectivity index (χ0) is 13.7. The summed E-state index contributed by atoms with van der Waals surface area (Å²) in [5.41, 5.74) is 3.84. The van der Waals surface area contributed by atoms with Crippen molar-refractivity contribution in [3.05, 3.63) is 41.0 Å². The minimum atomic E-state index is 0.415. The number of aryl methyl sites for hydroxylation is 1. The smallest absolute Gasteiger partial charge is 0.119 e. The lowest BCUT2D eigenvalue weighted by Gasteiger charge is -2.21. The summed E-state index contributed by atoms with van der Waals surface area (Å²) < 4.78 is 0. The van der Waals surface area contributed by atoms with Gasteiger partial charge < -0.3 is 5.11 Å². The predicted molar refractivity (Wildman–Crippen MR) is 81.7 cm³/mol. The van der Waals surface area contributed by atoms with Crippen LogP contribution in [-0.2, 0) is 6.42 Å². The number of hydrogen-bond acceptors (Lipinski definition) is 1. The van der Waals surface area contributed by atoms with Crippen molar-refractivity contribution in [1.82, 2.24) is 0 Å². The van der Waals surface area contributed by atoms with Gasteiger partial charge in [0.2, 0.25) is 0 Å². The van der Waals surface area contributed by atoms with Crippen LogP contribution in [0.15, 0.2) is 29.8 Å². The normalized spacial score (nSPS) is 19.3. The second-order valence-electron chi connectivity index (χ2n) is 5.86. The molecular weight excluding hydrogens is 232 g/mol. The highest BCUT2D eigenvalue weighted by molar-refractivity contribution is 5.41. The van der Waals surface area contributed by atoms with Crippen molar-refractivity contribution in [2.45, 2.75) is 64.7 Å². The number of hydrogen-bond donors (Lipinski definition) is 1. The van der Waals surface area contributed by atoms with Crippen LogP contribution in [0.1, 0.15) is 69.4 Å². The van der Waals surface area contributed by atoms with E-state index in [4.69, 9.17) is 0 Å². The number of benzene rings is 1. The third kappa shape index (κ3) is 3.86. The Morgan fingerprint density at radius 2 is 2.11 bits per heavy atom. The Morgan fingerprint density at radius 1 is 1.26 bits per heavy atom. The van der Waals surface area contributed by atoms with Gasteiger partial charge in [-0.05, 0) is 50.7 Å². The van der Waals surface area contributed by atoms with Gasteiger partial charge in [-0.25, -0.2) is 0 Å². The predicted octanol–water partition coefficient (Wildman–Crippen LogP) is 5.34. The Hall–Kier alpha value is -1.24. The summed E-state index contributed by atoms with van der Waals surface area (Å²) in [4.78, 5) is 0. The number of rotatable bonds is 5. The zero-order valence-electron chi connectivity index (χ0n) is 12.3. The molecule has 1 aromatic carbocycles. The highest BCUT2D eigenvalue weighted by Gasteiger charge is 2.16. The average molecular weight is 258 g/mol. The van der Waals surface area contributed by atoms with Gasteiger partial charge in [-0.1, -0.05) is 43.5 Å². The summed E-state index contributed by atoms with van der Waals surface area (Å²) in [6, 6.07) is 6.31.